The molecule has 0 unspecified atom stereocenters. The summed E-state index contributed by atoms with van der Waals surface area (Å²) in [5.41, 5.74) is 3.28. The molecule has 1 aliphatic rings. The average Bonchev–Trinajstić information content (AvgIpc) is 3.47. The quantitative estimate of drug-likeness (QED) is 0.458. The van der Waals surface area contributed by atoms with E-state index >= 15 is 0 Å². The van der Waals surface area contributed by atoms with Gasteiger partial charge in [-0.1, -0.05) is 6.07 Å². The van der Waals surface area contributed by atoms with Gasteiger partial charge in [-0.25, -0.2) is 9.98 Å². The molecule has 5 rings (SSSR count). The number of pyridine rings is 2. The molecule has 4 aromatic rings. The molecule has 0 saturated carbocycles. The van der Waals surface area contributed by atoms with E-state index in [2.05, 4.69) is 42.4 Å². The first-order valence-corrected chi connectivity index (χ1v) is 9.82. The highest BCUT2D eigenvalue weighted by Crippen LogP contribution is 2.32. The van der Waals surface area contributed by atoms with E-state index in [1.165, 1.54) is 0 Å². The number of nitrogens with zero attached hydrogens (tertiary/aromatic N) is 4. The minimum absolute atomic E-state index is 0.0638. The molecular formula is C21H16N6OS. The topological polar surface area (TPSA) is 99.1 Å². The monoisotopic (exact) mass is 400 g/mol. The molecule has 0 radical (unpaired) electrons. The van der Waals surface area contributed by atoms with E-state index in [-0.39, 0.29) is 5.88 Å². The van der Waals surface area contributed by atoms with Crippen LogP contribution in [0.15, 0.2) is 59.9 Å². The van der Waals surface area contributed by atoms with Gasteiger partial charge in [0.1, 0.15) is 5.69 Å². The lowest BCUT2D eigenvalue weighted by Crippen LogP contribution is -1.98. The zero-order valence-corrected chi connectivity index (χ0v) is 16.0. The van der Waals surface area contributed by atoms with Gasteiger partial charge in [0.25, 0.3) is 0 Å². The molecule has 0 aliphatic carbocycles. The summed E-state index contributed by atoms with van der Waals surface area (Å²) < 4.78 is 0. The normalized spacial score (nSPS) is 13.7. The van der Waals surface area contributed by atoms with E-state index in [0.717, 1.165) is 26.6 Å². The molecule has 8 heteroatoms. The van der Waals surface area contributed by atoms with E-state index in [9.17, 15) is 5.11 Å². The zero-order valence-electron chi connectivity index (χ0n) is 15.2. The lowest BCUT2D eigenvalue weighted by Gasteiger charge is -2.00. The second-order valence-electron chi connectivity index (χ2n) is 6.39. The van der Waals surface area contributed by atoms with E-state index in [4.69, 9.17) is 0 Å². The summed E-state index contributed by atoms with van der Waals surface area (Å²) >= 11 is 1.67. The summed E-state index contributed by atoms with van der Waals surface area (Å²) in [6, 6.07) is 13.8. The number of allylic oxidation sites excluding steroid dienone is 1. The van der Waals surface area contributed by atoms with Crippen molar-refractivity contribution in [3.05, 3.63) is 71.0 Å². The van der Waals surface area contributed by atoms with Gasteiger partial charge in [0.05, 0.1) is 17.1 Å². The van der Waals surface area contributed by atoms with Crippen molar-refractivity contribution >= 4 is 41.0 Å². The molecule has 0 fully saturated rings. The summed E-state index contributed by atoms with van der Waals surface area (Å²) in [6.45, 7) is 0.592. The van der Waals surface area contributed by atoms with Crippen molar-refractivity contribution in [2.24, 2.45) is 4.99 Å². The van der Waals surface area contributed by atoms with Gasteiger partial charge in [-0.05, 0) is 42.5 Å². The number of rotatable bonds is 5. The molecule has 0 saturated heterocycles. The molecule has 0 amide bonds. The van der Waals surface area contributed by atoms with E-state index in [0.29, 0.717) is 24.0 Å². The van der Waals surface area contributed by atoms with E-state index in [1.807, 2.05) is 36.4 Å². The molecule has 0 aromatic carbocycles. The number of aromatic nitrogens is 4. The van der Waals surface area contributed by atoms with Gasteiger partial charge >= 0.3 is 0 Å². The number of aliphatic imine (C=N–C) groups is 1. The van der Waals surface area contributed by atoms with Crippen molar-refractivity contribution in [1.29, 1.82) is 0 Å². The minimum Gasteiger partial charge on any atom is -0.492 e. The fourth-order valence-corrected chi connectivity index (χ4v) is 3.97. The third kappa shape index (κ3) is 3.53. The van der Waals surface area contributed by atoms with Crippen LogP contribution in [0.25, 0.3) is 22.2 Å². The summed E-state index contributed by atoms with van der Waals surface area (Å²) in [5, 5.41) is 13.4. The molecule has 29 heavy (non-hydrogen) atoms. The number of nitrogens with one attached hydrogen (secondary N) is 2. The van der Waals surface area contributed by atoms with Gasteiger partial charge in [-0.2, -0.15) is 4.98 Å². The number of H-pyrrole nitrogens is 1. The third-order valence-electron chi connectivity index (χ3n) is 4.44. The predicted octanol–water partition coefficient (Wildman–Crippen LogP) is 4.50. The largest absolute Gasteiger partial charge is 0.492 e. The van der Waals surface area contributed by atoms with Crippen LogP contribution in [0.2, 0.25) is 0 Å². The van der Waals surface area contributed by atoms with Crippen LogP contribution in [0, 0.1) is 0 Å². The molecule has 0 atom stereocenters. The summed E-state index contributed by atoms with van der Waals surface area (Å²) in [7, 11) is 0. The summed E-state index contributed by atoms with van der Waals surface area (Å²) in [6.07, 6.45) is 7.04. The Labute approximate surface area is 170 Å². The maximum atomic E-state index is 10.2. The van der Waals surface area contributed by atoms with Gasteiger partial charge in [0, 0.05) is 34.6 Å². The molecule has 1 aliphatic heterocycles. The van der Waals surface area contributed by atoms with Gasteiger partial charge in [0.15, 0.2) is 5.82 Å². The van der Waals surface area contributed by atoms with E-state index < -0.39 is 0 Å². The Morgan fingerprint density at radius 3 is 2.90 bits per heavy atom. The number of imidazole rings is 1. The number of aromatic hydroxyl groups is 1. The van der Waals surface area contributed by atoms with Crippen LogP contribution in [-0.4, -0.2) is 31.3 Å². The van der Waals surface area contributed by atoms with Crippen LogP contribution in [0.3, 0.4) is 0 Å². The maximum Gasteiger partial charge on any atom is 0.238 e. The fourth-order valence-electron chi connectivity index (χ4n) is 3.05. The van der Waals surface area contributed by atoms with Crippen molar-refractivity contribution in [1.82, 2.24) is 19.9 Å². The summed E-state index contributed by atoms with van der Waals surface area (Å²) in [4.78, 5) is 22.4. The van der Waals surface area contributed by atoms with Crippen molar-refractivity contribution < 1.29 is 5.11 Å². The first kappa shape index (κ1) is 17.3. The number of thiophene rings is 1. The van der Waals surface area contributed by atoms with Crippen molar-refractivity contribution in [2.75, 3.05) is 5.32 Å². The number of anilines is 1. The van der Waals surface area contributed by atoms with Crippen molar-refractivity contribution in [3.63, 3.8) is 0 Å². The van der Waals surface area contributed by atoms with Crippen molar-refractivity contribution in [3.8, 4) is 16.5 Å². The van der Waals surface area contributed by atoms with Gasteiger partial charge in [0.2, 0.25) is 11.8 Å². The zero-order chi connectivity index (χ0) is 19.6. The molecule has 0 spiro atoms. The molecule has 0 bridgehead atoms. The Morgan fingerprint density at radius 1 is 1.07 bits per heavy atom. The lowest BCUT2D eigenvalue weighted by atomic mass is 10.1. The Balaban J connectivity index is 1.30. The second kappa shape index (κ2) is 7.33. The molecule has 3 N–H and O–H groups in total. The molecule has 7 nitrogen and oxygen atoms in total. The predicted molar refractivity (Wildman–Crippen MR) is 115 cm³/mol. The maximum absolute atomic E-state index is 10.2. The highest BCUT2D eigenvalue weighted by Gasteiger charge is 2.15. The fraction of sp³-hybridized carbons (Fsp3) is 0.0476. The van der Waals surface area contributed by atoms with Crippen LogP contribution in [0.5, 0.6) is 5.88 Å². The second-order valence-corrected chi connectivity index (χ2v) is 7.56. The molecule has 5 heterocycles. The smallest absolute Gasteiger partial charge is 0.238 e. The highest BCUT2D eigenvalue weighted by atomic mass is 32.1. The molecule has 4 aromatic heterocycles. The standard InChI is InChI=1S/C21H16N6OS/c28-20-17(10-13-11-24-19-15(13)4-3-9-23-19)26-21(27-20)25-12-14-6-7-18(29-14)16-5-1-2-8-22-16/h1-11,28H,12H2,(H2,25,26,27)/b13-10+. The van der Waals surface area contributed by atoms with Crippen LogP contribution >= 0.6 is 11.3 Å². The van der Waals surface area contributed by atoms with Gasteiger partial charge in [-0.15, -0.1) is 11.3 Å². The van der Waals surface area contributed by atoms with Crippen molar-refractivity contribution in [2.45, 2.75) is 6.54 Å². The number of hydrogen-bond donors (Lipinski definition) is 3. The third-order valence-corrected chi connectivity index (χ3v) is 5.55. The van der Waals surface area contributed by atoms with Crippen LogP contribution in [0.1, 0.15) is 16.1 Å². The SMILES string of the molecule is Oc1nc(NCc2ccc(-c3ccccn3)s2)[nH]c1/C=C1\C=Nc2ncccc21. The molecular weight excluding hydrogens is 384 g/mol. The Hall–Kier alpha value is -3.78. The first-order chi connectivity index (χ1) is 14.3. The Bertz CT molecular complexity index is 1220. The average molecular weight is 400 g/mol. The minimum atomic E-state index is -0.0638. The number of hydrogen-bond acceptors (Lipinski definition) is 7. The first-order valence-electron chi connectivity index (χ1n) is 9.00. The van der Waals surface area contributed by atoms with E-state index in [1.54, 1.807) is 29.9 Å². The number of aromatic amines is 1. The van der Waals surface area contributed by atoms with Gasteiger partial charge in [-0.3, -0.25) is 4.98 Å². The molecule has 142 valence electrons. The van der Waals surface area contributed by atoms with Gasteiger partial charge < -0.3 is 15.4 Å². The summed E-state index contributed by atoms with van der Waals surface area (Å²) in [5.74, 6) is 1.12. The van der Waals surface area contributed by atoms with Crippen LogP contribution in [0.4, 0.5) is 11.8 Å². The Morgan fingerprint density at radius 2 is 2.00 bits per heavy atom. The van der Waals surface area contributed by atoms with Crippen LogP contribution in [-0.2, 0) is 6.54 Å². The van der Waals surface area contributed by atoms with Crippen LogP contribution < -0.4 is 5.32 Å². The highest BCUT2D eigenvalue weighted by molar-refractivity contribution is 7.15. The Kier molecular flexibility index (Phi) is 4.38. The lowest BCUT2D eigenvalue weighted by molar-refractivity contribution is 0.455. The number of fused-ring (bicyclic) bond motifs is 1.